The first-order chi connectivity index (χ1) is 17.3. The fourth-order valence-electron chi connectivity index (χ4n) is 4.37. The van der Waals surface area contributed by atoms with Gasteiger partial charge in [-0.05, 0) is 64.2 Å². The second-order valence-electron chi connectivity index (χ2n) is 8.47. The Hall–Kier alpha value is -4.29. The molecule has 0 atom stereocenters. The largest absolute Gasteiger partial charge is 0.335 e. The van der Waals surface area contributed by atoms with E-state index in [1.165, 1.54) is 12.1 Å². The third kappa shape index (κ3) is 4.16. The van der Waals surface area contributed by atoms with Crippen LogP contribution in [-0.2, 0) is 16.0 Å². The SMILES string of the molecule is Cc1c(Cl)cccc1N1C(=O)NC(=O)/C(=C\c2c(Cc3ccccc3F)ccc3ccccc23)C1=O. The lowest BCUT2D eigenvalue weighted by molar-refractivity contribution is -0.122. The summed E-state index contributed by atoms with van der Waals surface area (Å²) < 4.78 is 14.5. The Morgan fingerprint density at radius 2 is 1.64 bits per heavy atom. The first kappa shape index (κ1) is 23.5. The van der Waals surface area contributed by atoms with Gasteiger partial charge in [-0.1, -0.05) is 72.3 Å². The van der Waals surface area contributed by atoms with Crippen LogP contribution in [0.2, 0.25) is 5.02 Å². The lowest BCUT2D eigenvalue weighted by Gasteiger charge is -2.28. The van der Waals surface area contributed by atoms with Crippen molar-refractivity contribution >= 4 is 52.0 Å². The lowest BCUT2D eigenvalue weighted by atomic mass is 9.92. The van der Waals surface area contributed by atoms with E-state index in [0.29, 0.717) is 21.7 Å². The van der Waals surface area contributed by atoms with Crippen molar-refractivity contribution in [2.75, 3.05) is 4.90 Å². The number of carbonyl (C=O) groups is 3. The lowest BCUT2D eigenvalue weighted by Crippen LogP contribution is -2.54. The van der Waals surface area contributed by atoms with Crippen LogP contribution >= 0.6 is 11.6 Å². The van der Waals surface area contributed by atoms with Gasteiger partial charge in [-0.15, -0.1) is 0 Å². The van der Waals surface area contributed by atoms with Gasteiger partial charge < -0.3 is 0 Å². The number of anilines is 1. The van der Waals surface area contributed by atoms with Gasteiger partial charge in [0.05, 0.1) is 5.69 Å². The maximum atomic E-state index is 14.5. The number of benzene rings is 4. The number of fused-ring (bicyclic) bond motifs is 1. The molecule has 0 bridgehead atoms. The van der Waals surface area contributed by atoms with E-state index in [0.717, 1.165) is 21.2 Å². The van der Waals surface area contributed by atoms with Crippen LogP contribution in [0.5, 0.6) is 0 Å². The summed E-state index contributed by atoms with van der Waals surface area (Å²) in [6.45, 7) is 1.69. The van der Waals surface area contributed by atoms with E-state index in [9.17, 15) is 18.8 Å². The summed E-state index contributed by atoms with van der Waals surface area (Å²) in [6.07, 6.45) is 1.73. The number of halogens is 2. The van der Waals surface area contributed by atoms with Gasteiger partial charge in [0.15, 0.2) is 0 Å². The van der Waals surface area contributed by atoms with Crippen LogP contribution < -0.4 is 10.2 Å². The van der Waals surface area contributed by atoms with E-state index in [1.807, 2.05) is 36.4 Å². The number of nitrogens with one attached hydrogen (secondary N) is 1. The number of urea groups is 1. The van der Waals surface area contributed by atoms with Gasteiger partial charge in [0, 0.05) is 11.4 Å². The molecule has 1 heterocycles. The number of hydrogen-bond donors (Lipinski definition) is 1. The number of rotatable bonds is 4. The van der Waals surface area contributed by atoms with Crippen molar-refractivity contribution in [3.05, 3.63) is 118 Å². The van der Waals surface area contributed by atoms with Crippen molar-refractivity contribution in [1.29, 1.82) is 0 Å². The summed E-state index contributed by atoms with van der Waals surface area (Å²) in [5.41, 5.74) is 2.43. The second-order valence-corrected chi connectivity index (χ2v) is 8.88. The highest BCUT2D eigenvalue weighted by atomic mass is 35.5. The quantitative estimate of drug-likeness (QED) is 0.269. The Balaban J connectivity index is 1.67. The van der Waals surface area contributed by atoms with E-state index < -0.39 is 17.8 Å². The molecule has 1 N–H and O–H groups in total. The standard InChI is InChI=1S/C29H20ClFN2O3/c1-17-24(30)10-6-12-26(17)33-28(35)23(27(34)32-29(33)36)16-22-19(15-20-8-3-5-11-25(20)31)14-13-18-7-2-4-9-21(18)22/h2-14,16H,15H2,1H3,(H,32,34,36)/b23-16+. The molecule has 1 fully saturated rings. The molecule has 178 valence electrons. The van der Waals surface area contributed by atoms with E-state index in [4.69, 9.17) is 11.6 Å². The van der Waals surface area contributed by atoms with Crippen LogP contribution in [0.25, 0.3) is 16.8 Å². The maximum absolute atomic E-state index is 14.5. The fourth-order valence-corrected chi connectivity index (χ4v) is 4.54. The Morgan fingerprint density at radius 1 is 0.889 bits per heavy atom. The van der Waals surface area contributed by atoms with Crippen LogP contribution in [0.4, 0.5) is 14.9 Å². The van der Waals surface area contributed by atoms with Crippen molar-refractivity contribution < 1.29 is 18.8 Å². The Labute approximate surface area is 211 Å². The monoisotopic (exact) mass is 498 g/mol. The highest BCUT2D eigenvalue weighted by Gasteiger charge is 2.37. The van der Waals surface area contributed by atoms with Crippen molar-refractivity contribution in [1.82, 2.24) is 5.32 Å². The zero-order valence-corrected chi connectivity index (χ0v) is 20.0. The van der Waals surface area contributed by atoms with Gasteiger partial charge in [0.25, 0.3) is 11.8 Å². The van der Waals surface area contributed by atoms with E-state index in [1.54, 1.807) is 43.3 Å². The molecule has 0 aromatic heterocycles. The van der Waals surface area contributed by atoms with Gasteiger partial charge in [-0.3, -0.25) is 14.9 Å². The zero-order valence-electron chi connectivity index (χ0n) is 19.2. The first-order valence-electron chi connectivity index (χ1n) is 11.3. The molecule has 4 aromatic carbocycles. The topological polar surface area (TPSA) is 66.5 Å². The minimum Gasteiger partial charge on any atom is -0.273 e. The molecule has 7 heteroatoms. The predicted molar refractivity (Wildman–Crippen MR) is 138 cm³/mol. The smallest absolute Gasteiger partial charge is 0.273 e. The second kappa shape index (κ2) is 9.40. The molecule has 1 saturated heterocycles. The third-order valence-electron chi connectivity index (χ3n) is 6.27. The van der Waals surface area contributed by atoms with Crippen LogP contribution in [0, 0.1) is 12.7 Å². The Morgan fingerprint density at radius 3 is 2.44 bits per heavy atom. The number of barbiturate groups is 1. The summed E-state index contributed by atoms with van der Waals surface area (Å²) in [4.78, 5) is 40.0. The van der Waals surface area contributed by atoms with Gasteiger partial charge in [0.2, 0.25) is 0 Å². The summed E-state index contributed by atoms with van der Waals surface area (Å²) in [5, 5.41) is 4.33. The van der Waals surface area contributed by atoms with Gasteiger partial charge in [-0.25, -0.2) is 14.1 Å². The molecule has 1 aliphatic rings. The minimum absolute atomic E-state index is 0.208. The summed E-state index contributed by atoms with van der Waals surface area (Å²) in [7, 11) is 0. The Kier molecular flexibility index (Phi) is 6.12. The molecule has 0 radical (unpaired) electrons. The van der Waals surface area contributed by atoms with E-state index in [2.05, 4.69) is 5.32 Å². The fraction of sp³-hybridized carbons (Fsp3) is 0.0690. The molecule has 5 rings (SSSR count). The van der Waals surface area contributed by atoms with Crippen molar-refractivity contribution in [2.45, 2.75) is 13.3 Å². The van der Waals surface area contributed by atoms with Crippen LogP contribution in [0.3, 0.4) is 0 Å². The predicted octanol–water partition coefficient (Wildman–Crippen LogP) is 6.20. The molecular formula is C29H20ClFN2O3. The maximum Gasteiger partial charge on any atom is 0.335 e. The zero-order chi connectivity index (χ0) is 25.4. The van der Waals surface area contributed by atoms with Crippen LogP contribution in [0.15, 0.2) is 84.4 Å². The number of amides is 4. The molecule has 1 aliphatic heterocycles. The number of carbonyl (C=O) groups excluding carboxylic acids is 3. The average molecular weight is 499 g/mol. The molecule has 4 amide bonds. The number of nitrogens with zero attached hydrogens (tertiary/aromatic N) is 1. The molecule has 0 aliphatic carbocycles. The van der Waals surface area contributed by atoms with Gasteiger partial charge in [-0.2, -0.15) is 0 Å². The minimum atomic E-state index is -0.850. The molecule has 0 unspecified atom stereocenters. The molecular weight excluding hydrogens is 479 g/mol. The third-order valence-corrected chi connectivity index (χ3v) is 6.68. The van der Waals surface area contributed by atoms with Crippen molar-refractivity contribution in [3.63, 3.8) is 0 Å². The Bertz CT molecular complexity index is 1600. The molecule has 36 heavy (non-hydrogen) atoms. The average Bonchev–Trinajstić information content (AvgIpc) is 2.86. The molecule has 4 aromatic rings. The van der Waals surface area contributed by atoms with Crippen LogP contribution in [0.1, 0.15) is 22.3 Å². The highest BCUT2D eigenvalue weighted by molar-refractivity contribution is 6.40. The molecule has 0 saturated carbocycles. The normalized spacial score (nSPS) is 15.0. The summed E-state index contributed by atoms with van der Waals surface area (Å²) in [5.74, 6) is -1.91. The first-order valence-corrected chi connectivity index (χ1v) is 11.6. The van der Waals surface area contributed by atoms with Gasteiger partial charge >= 0.3 is 6.03 Å². The molecule has 5 nitrogen and oxygen atoms in total. The van der Waals surface area contributed by atoms with E-state index >= 15 is 0 Å². The van der Waals surface area contributed by atoms with Crippen molar-refractivity contribution in [2.24, 2.45) is 0 Å². The van der Waals surface area contributed by atoms with Gasteiger partial charge in [0.1, 0.15) is 11.4 Å². The van der Waals surface area contributed by atoms with Crippen molar-refractivity contribution in [3.8, 4) is 0 Å². The summed E-state index contributed by atoms with van der Waals surface area (Å²) in [6, 6.07) is 21.8. The number of hydrogen-bond acceptors (Lipinski definition) is 3. The highest BCUT2D eigenvalue weighted by Crippen LogP contribution is 2.32. The van der Waals surface area contributed by atoms with Crippen LogP contribution in [-0.4, -0.2) is 17.8 Å². The summed E-state index contributed by atoms with van der Waals surface area (Å²) >= 11 is 6.22. The molecule has 0 spiro atoms. The van der Waals surface area contributed by atoms with E-state index in [-0.39, 0.29) is 23.5 Å². The number of imide groups is 2.